The van der Waals surface area contributed by atoms with E-state index in [2.05, 4.69) is 19.9 Å². The van der Waals surface area contributed by atoms with Crippen molar-refractivity contribution in [3.05, 3.63) is 41.1 Å². The molecule has 0 fully saturated rings. The van der Waals surface area contributed by atoms with E-state index >= 15 is 0 Å². The fraction of sp³-hybridized carbons (Fsp3) is 0.214. The summed E-state index contributed by atoms with van der Waals surface area (Å²) in [6.45, 7) is 1.88. The molecule has 2 N–H and O–H groups in total. The van der Waals surface area contributed by atoms with Gasteiger partial charge >= 0.3 is 0 Å². The molecule has 0 bridgehead atoms. The predicted octanol–water partition coefficient (Wildman–Crippen LogP) is 1.84. The molecule has 1 atom stereocenters. The Labute approximate surface area is 124 Å². The summed E-state index contributed by atoms with van der Waals surface area (Å²) < 4.78 is 16.1. The Morgan fingerprint density at radius 3 is 2.62 bits per heavy atom. The third kappa shape index (κ3) is 2.57. The van der Waals surface area contributed by atoms with Gasteiger partial charge in [0.2, 0.25) is 5.65 Å². The molecule has 0 amide bonds. The van der Waals surface area contributed by atoms with E-state index < -0.39 is 11.2 Å². The van der Waals surface area contributed by atoms with E-state index in [0.29, 0.717) is 23.3 Å². The van der Waals surface area contributed by atoms with Crippen LogP contribution in [0.4, 0.5) is 5.69 Å². The third-order valence-electron chi connectivity index (χ3n) is 3.40. The van der Waals surface area contributed by atoms with Crippen molar-refractivity contribution in [2.45, 2.75) is 18.2 Å². The van der Waals surface area contributed by atoms with Gasteiger partial charge in [-0.2, -0.15) is 0 Å². The standard InChI is InChI=1S/C14H14N4O2S/c1-8-11(12(15)13-14(16-8)18-20-17-13)7-9-3-5-10(6-4-9)21(2)19/h3-6H,7,15H2,1-2H3. The molecule has 2 aromatic heterocycles. The minimum Gasteiger partial charge on any atom is -0.612 e. The van der Waals surface area contributed by atoms with Crippen molar-refractivity contribution < 1.29 is 9.18 Å². The lowest BCUT2D eigenvalue weighted by atomic mass is 10.0. The molecular weight excluding hydrogens is 288 g/mol. The molecule has 0 aliphatic rings. The predicted molar refractivity (Wildman–Crippen MR) is 80.3 cm³/mol. The second-order valence-electron chi connectivity index (χ2n) is 4.80. The van der Waals surface area contributed by atoms with Gasteiger partial charge in [-0.15, -0.1) is 0 Å². The zero-order valence-electron chi connectivity index (χ0n) is 11.7. The number of fused-ring (bicyclic) bond motifs is 1. The van der Waals surface area contributed by atoms with Gasteiger partial charge in [0.15, 0.2) is 10.4 Å². The first-order chi connectivity index (χ1) is 10.1. The number of nitrogens with two attached hydrogens (primary N) is 1. The van der Waals surface area contributed by atoms with Crippen molar-refractivity contribution in [1.29, 1.82) is 0 Å². The highest BCUT2D eigenvalue weighted by Crippen LogP contribution is 2.25. The Morgan fingerprint density at radius 2 is 1.95 bits per heavy atom. The minimum atomic E-state index is -0.973. The first-order valence-electron chi connectivity index (χ1n) is 6.36. The number of nitrogen functional groups attached to an aromatic ring is 1. The van der Waals surface area contributed by atoms with Crippen LogP contribution >= 0.6 is 0 Å². The van der Waals surface area contributed by atoms with E-state index in [9.17, 15) is 4.55 Å². The quantitative estimate of drug-likeness (QED) is 0.741. The second kappa shape index (κ2) is 5.34. The van der Waals surface area contributed by atoms with Gasteiger partial charge in [-0.3, -0.25) is 0 Å². The second-order valence-corrected chi connectivity index (χ2v) is 6.18. The number of benzene rings is 1. The SMILES string of the molecule is Cc1nc2nonc2c(N)c1Cc1ccc([S+](C)[O-])cc1. The molecule has 0 saturated heterocycles. The molecule has 3 rings (SSSR count). The summed E-state index contributed by atoms with van der Waals surface area (Å²) in [7, 11) is 0. The van der Waals surface area contributed by atoms with E-state index in [1.54, 1.807) is 6.26 Å². The molecule has 3 aromatic rings. The molecule has 7 heteroatoms. The molecular formula is C14H14N4O2S. The highest BCUT2D eigenvalue weighted by Gasteiger charge is 2.15. The van der Waals surface area contributed by atoms with E-state index in [0.717, 1.165) is 21.7 Å². The maximum absolute atomic E-state index is 11.4. The largest absolute Gasteiger partial charge is 0.612 e. The van der Waals surface area contributed by atoms with Crippen LogP contribution in [0.2, 0.25) is 0 Å². The Morgan fingerprint density at radius 1 is 1.24 bits per heavy atom. The van der Waals surface area contributed by atoms with Gasteiger partial charge in [0.1, 0.15) is 6.26 Å². The van der Waals surface area contributed by atoms with Crippen LogP contribution < -0.4 is 5.73 Å². The molecule has 0 saturated carbocycles. The van der Waals surface area contributed by atoms with Crippen molar-refractivity contribution in [2.24, 2.45) is 0 Å². The number of anilines is 1. The van der Waals surface area contributed by atoms with Crippen LogP contribution in [-0.4, -0.2) is 26.1 Å². The number of nitrogens with zero attached hydrogens (tertiary/aromatic N) is 3. The van der Waals surface area contributed by atoms with Gasteiger partial charge in [0, 0.05) is 17.7 Å². The van der Waals surface area contributed by atoms with E-state index in [1.807, 2.05) is 31.2 Å². The van der Waals surface area contributed by atoms with Crippen LogP contribution in [0.5, 0.6) is 0 Å². The number of aryl methyl sites for hydroxylation is 1. The van der Waals surface area contributed by atoms with Crippen LogP contribution in [0.15, 0.2) is 33.8 Å². The molecule has 2 heterocycles. The molecule has 0 aliphatic carbocycles. The van der Waals surface area contributed by atoms with Crippen LogP contribution in [-0.2, 0) is 17.6 Å². The van der Waals surface area contributed by atoms with Crippen molar-refractivity contribution in [3.63, 3.8) is 0 Å². The van der Waals surface area contributed by atoms with Crippen LogP contribution in [0.3, 0.4) is 0 Å². The molecule has 21 heavy (non-hydrogen) atoms. The molecule has 0 spiro atoms. The van der Waals surface area contributed by atoms with Gasteiger partial charge in [-0.05, 0) is 46.1 Å². The fourth-order valence-electron chi connectivity index (χ4n) is 2.22. The Kier molecular flexibility index (Phi) is 3.52. The summed E-state index contributed by atoms with van der Waals surface area (Å²) in [5, 5.41) is 7.49. The average Bonchev–Trinajstić information content (AvgIpc) is 2.92. The molecule has 0 aliphatic heterocycles. The highest BCUT2D eigenvalue weighted by atomic mass is 32.2. The molecule has 6 nitrogen and oxygen atoms in total. The zero-order chi connectivity index (χ0) is 15.0. The normalized spacial score (nSPS) is 12.7. The van der Waals surface area contributed by atoms with E-state index in [1.165, 1.54) is 0 Å². The maximum Gasteiger partial charge on any atom is 0.226 e. The van der Waals surface area contributed by atoms with Gasteiger partial charge in [-0.25, -0.2) is 9.61 Å². The Balaban J connectivity index is 1.97. The summed E-state index contributed by atoms with van der Waals surface area (Å²) >= 11 is -0.973. The number of aromatic nitrogens is 3. The third-order valence-corrected chi connectivity index (χ3v) is 4.33. The number of rotatable bonds is 3. The molecule has 0 radical (unpaired) electrons. The van der Waals surface area contributed by atoms with Crippen LogP contribution in [0, 0.1) is 6.92 Å². The molecule has 108 valence electrons. The minimum absolute atomic E-state index is 0.422. The number of hydrogen-bond donors (Lipinski definition) is 1. The number of pyridine rings is 1. The summed E-state index contributed by atoms with van der Waals surface area (Å²) in [4.78, 5) is 5.15. The average molecular weight is 302 g/mol. The summed E-state index contributed by atoms with van der Waals surface area (Å²) in [5.74, 6) is 0. The van der Waals surface area contributed by atoms with Crippen LogP contribution in [0.1, 0.15) is 16.8 Å². The van der Waals surface area contributed by atoms with Gasteiger partial charge < -0.3 is 10.3 Å². The monoisotopic (exact) mass is 302 g/mol. The summed E-state index contributed by atoms with van der Waals surface area (Å²) in [6, 6.07) is 7.61. The van der Waals surface area contributed by atoms with E-state index in [4.69, 9.17) is 5.73 Å². The van der Waals surface area contributed by atoms with Crippen molar-refractivity contribution in [1.82, 2.24) is 15.3 Å². The van der Waals surface area contributed by atoms with Crippen molar-refractivity contribution >= 4 is 28.0 Å². The smallest absolute Gasteiger partial charge is 0.226 e. The lowest BCUT2D eigenvalue weighted by Gasteiger charge is -2.09. The molecule has 1 unspecified atom stereocenters. The first kappa shape index (κ1) is 13.8. The Hall–Kier alpha value is -2.12. The number of hydrogen-bond acceptors (Lipinski definition) is 6. The zero-order valence-corrected chi connectivity index (χ0v) is 12.5. The van der Waals surface area contributed by atoms with E-state index in [-0.39, 0.29) is 0 Å². The fourth-order valence-corrected chi connectivity index (χ4v) is 2.74. The summed E-state index contributed by atoms with van der Waals surface area (Å²) in [5.41, 5.74) is 10.4. The molecule has 1 aromatic carbocycles. The summed E-state index contributed by atoms with van der Waals surface area (Å²) in [6.07, 6.45) is 2.29. The van der Waals surface area contributed by atoms with Crippen molar-refractivity contribution in [3.8, 4) is 0 Å². The topological polar surface area (TPSA) is 101 Å². The van der Waals surface area contributed by atoms with Crippen molar-refractivity contribution in [2.75, 3.05) is 12.0 Å². The lowest BCUT2D eigenvalue weighted by molar-refractivity contribution is 0.315. The van der Waals surface area contributed by atoms with Gasteiger partial charge in [0.25, 0.3) is 0 Å². The first-order valence-corrected chi connectivity index (χ1v) is 7.91. The van der Waals surface area contributed by atoms with Gasteiger partial charge in [-0.1, -0.05) is 12.1 Å². The maximum atomic E-state index is 11.4. The Bertz CT molecular complexity index is 784. The highest BCUT2D eigenvalue weighted by molar-refractivity contribution is 7.90. The van der Waals surface area contributed by atoms with Gasteiger partial charge in [0.05, 0.1) is 5.69 Å². The van der Waals surface area contributed by atoms with Crippen LogP contribution in [0.25, 0.3) is 11.2 Å². The lowest BCUT2D eigenvalue weighted by Crippen LogP contribution is -2.03.